The maximum atomic E-state index is 6.40. The molecule has 0 bridgehead atoms. The number of rotatable bonds is 6. The molecule has 2 aromatic rings. The zero-order valence-electron chi connectivity index (χ0n) is 17.5. The van der Waals surface area contributed by atoms with E-state index in [1.165, 1.54) is 0 Å². The summed E-state index contributed by atoms with van der Waals surface area (Å²) < 4.78 is 17.6. The fourth-order valence-electron chi connectivity index (χ4n) is 2.72. The molecule has 0 radical (unpaired) electrons. The van der Waals surface area contributed by atoms with Gasteiger partial charge in [0, 0.05) is 23.5 Å². The van der Waals surface area contributed by atoms with E-state index in [0.29, 0.717) is 13.2 Å². The molecule has 0 spiro atoms. The summed E-state index contributed by atoms with van der Waals surface area (Å²) in [5.41, 5.74) is 1.76. The van der Waals surface area contributed by atoms with Crippen LogP contribution < -0.4 is 0 Å². The van der Waals surface area contributed by atoms with Crippen LogP contribution in [0.2, 0.25) is 0 Å². The Morgan fingerprint density at radius 3 is 1.39 bits per heavy atom. The highest BCUT2D eigenvalue weighted by Gasteiger charge is 2.58. The van der Waals surface area contributed by atoms with Gasteiger partial charge >= 0.3 is 0 Å². The summed E-state index contributed by atoms with van der Waals surface area (Å²) in [6, 6.07) is 11.8. The first-order chi connectivity index (χ1) is 13.2. The van der Waals surface area contributed by atoms with Gasteiger partial charge < -0.3 is 9.05 Å². The second kappa shape index (κ2) is 8.79. The van der Waals surface area contributed by atoms with Crippen LogP contribution in [0.15, 0.2) is 48.8 Å². The largest absolute Gasteiger partial charge is 0.324 e. The third-order valence-electron chi connectivity index (χ3n) is 3.96. The number of aromatic nitrogens is 2. The Bertz CT molecular complexity index is 677. The first kappa shape index (κ1) is 21.7. The predicted octanol–water partition coefficient (Wildman–Crippen LogP) is 5.88. The van der Waals surface area contributed by atoms with Crippen molar-refractivity contribution < 1.29 is 9.05 Å². The summed E-state index contributed by atoms with van der Waals surface area (Å²) in [6.07, 6.45) is 3.61. The standard InChI is InChI=1S/C20H30N4O2P2/c1-19(2,3)23-27(25-15-17-11-7-9-13-21-17)24(20(4,5)6)28(23)26-16-18-12-8-10-14-22-18/h7-14H,15-16H2,1-6H3. The molecule has 0 atom stereocenters. The number of nitrogens with zero attached hydrogens (tertiary/aromatic N) is 4. The number of hydrogen-bond acceptors (Lipinski definition) is 6. The lowest BCUT2D eigenvalue weighted by Gasteiger charge is -2.62. The van der Waals surface area contributed by atoms with Gasteiger partial charge in [-0.25, -0.2) is 0 Å². The van der Waals surface area contributed by atoms with Crippen molar-refractivity contribution >= 4 is 16.9 Å². The van der Waals surface area contributed by atoms with Crippen LogP contribution in [-0.4, -0.2) is 29.9 Å². The number of pyridine rings is 2. The molecule has 28 heavy (non-hydrogen) atoms. The summed E-state index contributed by atoms with van der Waals surface area (Å²) in [5.74, 6) is 0. The first-order valence-corrected chi connectivity index (χ1v) is 11.8. The van der Waals surface area contributed by atoms with Crippen LogP contribution >= 0.6 is 16.9 Å². The Labute approximate surface area is 171 Å². The summed E-state index contributed by atoms with van der Waals surface area (Å²) in [4.78, 5) is 8.79. The Balaban J connectivity index is 1.77. The van der Waals surface area contributed by atoms with Crippen LogP contribution in [0, 0.1) is 0 Å². The van der Waals surface area contributed by atoms with Crippen molar-refractivity contribution in [3.05, 3.63) is 60.2 Å². The van der Waals surface area contributed by atoms with Crippen LogP contribution in [0.25, 0.3) is 0 Å². The molecule has 1 aliphatic rings. The van der Waals surface area contributed by atoms with Crippen molar-refractivity contribution in [2.45, 2.75) is 65.8 Å². The predicted molar refractivity (Wildman–Crippen MR) is 115 cm³/mol. The topological polar surface area (TPSA) is 50.7 Å². The lowest BCUT2D eigenvalue weighted by Crippen LogP contribution is -2.53. The maximum absolute atomic E-state index is 6.40. The van der Waals surface area contributed by atoms with E-state index < -0.39 is 16.9 Å². The zero-order chi connectivity index (χ0) is 20.4. The van der Waals surface area contributed by atoms with E-state index >= 15 is 0 Å². The molecule has 0 amide bonds. The molecule has 0 unspecified atom stereocenters. The Hall–Kier alpha value is -1.00. The molecule has 0 N–H and O–H groups in total. The molecule has 152 valence electrons. The molecule has 0 aromatic carbocycles. The van der Waals surface area contributed by atoms with Gasteiger partial charge in [-0.2, -0.15) is 8.88 Å². The Morgan fingerprint density at radius 1 is 0.714 bits per heavy atom. The average Bonchev–Trinajstić information content (AvgIpc) is 2.59. The van der Waals surface area contributed by atoms with Gasteiger partial charge in [0.2, 0.25) is 16.9 Å². The Morgan fingerprint density at radius 2 is 1.11 bits per heavy atom. The van der Waals surface area contributed by atoms with Crippen LogP contribution in [-0.2, 0) is 22.3 Å². The van der Waals surface area contributed by atoms with Gasteiger partial charge in [0.1, 0.15) is 0 Å². The van der Waals surface area contributed by atoms with Crippen molar-refractivity contribution in [3.8, 4) is 0 Å². The minimum absolute atomic E-state index is 0.0621. The van der Waals surface area contributed by atoms with E-state index in [1.807, 2.05) is 36.4 Å². The highest BCUT2D eigenvalue weighted by Crippen LogP contribution is 2.82. The van der Waals surface area contributed by atoms with Crippen LogP contribution in [0.4, 0.5) is 0 Å². The third-order valence-corrected chi connectivity index (χ3v) is 10.2. The molecule has 0 saturated carbocycles. The van der Waals surface area contributed by atoms with Gasteiger partial charge in [-0.15, -0.1) is 0 Å². The van der Waals surface area contributed by atoms with Gasteiger partial charge in [-0.1, -0.05) is 12.1 Å². The SMILES string of the molecule is CC(C)(C)N1P(OCc2ccccn2)N(C(C)(C)C)P1OCc1ccccn1. The monoisotopic (exact) mass is 420 g/mol. The van der Waals surface area contributed by atoms with E-state index in [4.69, 9.17) is 9.05 Å². The summed E-state index contributed by atoms with van der Waals surface area (Å²) >= 11 is 0. The van der Waals surface area contributed by atoms with Crippen molar-refractivity contribution in [1.82, 2.24) is 18.8 Å². The molecule has 2 aromatic heterocycles. The van der Waals surface area contributed by atoms with Crippen molar-refractivity contribution in [3.63, 3.8) is 0 Å². The highest BCUT2D eigenvalue weighted by atomic mass is 31.3. The van der Waals surface area contributed by atoms with E-state index in [-0.39, 0.29) is 11.1 Å². The summed E-state index contributed by atoms with van der Waals surface area (Å²) in [6.45, 7) is 14.3. The van der Waals surface area contributed by atoms with Crippen LogP contribution in [0.1, 0.15) is 52.9 Å². The smallest absolute Gasteiger partial charge is 0.202 e. The summed E-state index contributed by atoms with van der Waals surface area (Å²) in [5, 5.41) is 0. The average molecular weight is 420 g/mol. The maximum Gasteiger partial charge on any atom is 0.202 e. The van der Waals surface area contributed by atoms with Gasteiger partial charge in [0.25, 0.3) is 0 Å². The first-order valence-electron chi connectivity index (χ1n) is 9.44. The highest BCUT2D eigenvalue weighted by molar-refractivity contribution is 7.78. The number of hydrogen-bond donors (Lipinski definition) is 0. The molecule has 1 saturated heterocycles. The third kappa shape index (κ3) is 5.13. The normalized spacial score (nSPS) is 21.5. The minimum atomic E-state index is -0.934. The molecular weight excluding hydrogens is 390 g/mol. The van der Waals surface area contributed by atoms with Crippen LogP contribution in [0.3, 0.4) is 0 Å². The second-order valence-electron chi connectivity index (χ2n) is 8.62. The molecule has 1 aliphatic heterocycles. The van der Waals surface area contributed by atoms with E-state index in [0.717, 1.165) is 11.4 Å². The van der Waals surface area contributed by atoms with Crippen molar-refractivity contribution in [1.29, 1.82) is 0 Å². The van der Waals surface area contributed by atoms with Gasteiger partial charge in [0.15, 0.2) is 0 Å². The van der Waals surface area contributed by atoms with Gasteiger partial charge in [0.05, 0.1) is 24.6 Å². The van der Waals surface area contributed by atoms with Crippen LogP contribution in [0.5, 0.6) is 0 Å². The molecule has 1 fully saturated rings. The molecule has 8 heteroatoms. The molecule has 3 heterocycles. The fraction of sp³-hybridized carbons (Fsp3) is 0.500. The zero-order valence-corrected chi connectivity index (χ0v) is 19.3. The molecule has 0 aliphatic carbocycles. The lowest BCUT2D eigenvalue weighted by atomic mass is 10.1. The Kier molecular flexibility index (Phi) is 6.81. The van der Waals surface area contributed by atoms with E-state index in [2.05, 4.69) is 60.4 Å². The molecular formula is C20H30N4O2P2. The van der Waals surface area contributed by atoms with Crippen molar-refractivity contribution in [2.75, 3.05) is 0 Å². The lowest BCUT2D eigenvalue weighted by molar-refractivity contribution is 0.158. The molecule has 6 nitrogen and oxygen atoms in total. The quantitative estimate of drug-likeness (QED) is 0.544. The van der Waals surface area contributed by atoms with E-state index in [1.54, 1.807) is 12.4 Å². The molecule has 3 rings (SSSR count). The van der Waals surface area contributed by atoms with E-state index in [9.17, 15) is 0 Å². The second-order valence-corrected chi connectivity index (χ2v) is 12.4. The van der Waals surface area contributed by atoms with Crippen molar-refractivity contribution in [2.24, 2.45) is 0 Å². The fourth-order valence-corrected chi connectivity index (χ4v) is 8.14. The van der Waals surface area contributed by atoms with Gasteiger partial charge in [-0.05, 0) is 65.8 Å². The minimum Gasteiger partial charge on any atom is -0.324 e. The summed E-state index contributed by atoms with van der Waals surface area (Å²) in [7, 11) is -1.87. The van der Waals surface area contributed by atoms with Gasteiger partial charge in [-0.3, -0.25) is 9.97 Å².